The van der Waals surface area contributed by atoms with Gasteiger partial charge < -0.3 is 0 Å². The Kier molecular flexibility index (Phi) is 6.11. The van der Waals surface area contributed by atoms with Crippen molar-refractivity contribution in [1.29, 1.82) is 0 Å². The van der Waals surface area contributed by atoms with Crippen LogP contribution in [0.5, 0.6) is 0 Å². The smallest absolute Gasteiger partial charge is 0.172 e. The number of carbonyl (C=O) groups is 4. The highest BCUT2D eigenvalue weighted by Gasteiger charge is 2.21. The maximum absolute atomic E-state index is 12.1. The van der Waals surface area contributed by atoms with Gasteiger partial charge in [-0.15, -0.1) is 0 Å². The van der Waals surface area contributed by atoms with Gasteiger partial charge in [-0.25, -0.2) is 0 Å². The summed E-state index contributed by atoms with van der Waals surface area (Å²) in [5.41, 5.74) is 2.97. The fraction of sp³-hybridized carbons (Fsp3) is 0.364. The fourth-order valence-corrected chi connectivity index (χ4v) is 3.51. The zero-order valence-corrected chi connectivity index (χ0v) is 16.2. The molecule has 6 heteroatoms. The van der Waals surface area contributed by atoms with Crippen LogP contribution in [0.1, 0.15) is 25.0 Å². The Morgan fingerprint density at radius 1 is 0.714 bits per heavy atom. The lowest BCUT2D eigenvalue weighted by Gasteiger charge is -2.21. The summed E-state index contributed by atoms with van der Waals surface area (Å²) in [6, 6.07) is 7.82. The molecule has 6 nitrogen and oxygen atoms in total. The van der Waals surface area contributed by atoms with E-state index in [2.05, 4.69) is 0 Å². The Labute approximate surface area is 164 Å². The van der Waals surface area contributed by atoms with Crippen molar-refractivity contribution in [3.05, 3.63) is 58.7 Å². The molecule has 0 amide bonds. The highest BCUT2D eigenvalue weighted by molar-refractivity contribution is 6.06. The van der Waals surface area contributed by atoms with E-state index in [9.17, 15) is 19.2 Å². The lowest BCUT2D eigenvalue weighted by atomic mass is 10.1. The van der Waals surface area contributed by atoms with Crippen LogP contribution >= 0.6 is 0 Å². The van der Waals surface area contributed by atoms with Crippen LogP contribution in [0.3, 0.4) is 0 Å². The van der Waals surface area contributed by atoms with Gasteiger partial charge in [-0.2, -0.15) is 0 Å². The van der Waals surface area contributed by atoms with Crippen molar-refractivity contribution in [2.45, 2.75) is 26.9 Å². The van der Waals surface area contributed by atoms with E-state index in [1.54, 1.807) is 13.8 Å². The molecule has 0 unspecified atom stereocenters. The van der Waals surface area contributed by atoms with E-state index in [0.717, 1.165) is 11.1 Å². The predicted molar refractivity (Wildman–Crippen MR) is 105 cm³/mol. The minimum Gasteiger partial charge on any atom is -0.293 e. The molecule has 0 saturated carbocycles. The molecule has 0 bridgehead atoms. The highest BCUT2D eigenvalue weighted by Crippen LogP contribution is 2.15. The minimum absolute atomic E-state index is 0.0357. The molecule has 0 aromatic heterocycles. The molecule has 1 aromatic rings. The van der Waals surface area contributed by atoms with Crippen molar-refractivity contribution < 1.29 is 19.2 Å². The monoisotopic (exact) mass is 380 g/mol. The number of carbonyl (C=O) groups excluding carboxylic acids is 4. The molecule has 0 N–H and O–H groups in total. The summed E-state index contributed by atoms with van der Waals surface area (Å²) in [6.45, 7) is 5.20. The van der Waals surface area contributed by atoms with Gasteiger partial charge in [0.2, 0.25) is 0 Å². The number of Topliss-reactive ketones (excluding diaryl/α,β-unsaturated/α-hetero) is 2. The van der Waals surface area contributed by atoms with Gasteiger partial charge in [0.25, 0.3) is 0 Å². The zero-order valence-electron chi connectivity index (χ0n) is 16.2. The third-order valence-electron chi connectivity index (χ3n) is 4.93. The molecule has 0 spiro atoms. The number of hydrogen-bond acceptors (Lipinski definition) is 6. The molecule has 2 aliphatic rings. The van der Waals surface area contributed by atoms with Crippen LogP contribution in [0, 0.1) is 0 Å². The summed E-state index contributed by atoms with van der Waals surface area (Å²) >= 11 is 0. The van der Waals surface area contributed by atoms with Crippen LogP contribution in [-0.2, 0) is 32.3 Å². The molecular formula is C22H24N2O4. The summed E-state index contributed by atoms with van der Waals surface area (Å²) < 4.78 is 0. The fourth-order valence-electron chi connectivity index (χ4n) is 3.51. The Bertz CT molecular complexity index is 828. The van der Waals surface area contributed by atoms with Crippen LogP contribution in [-0.4, -0.2) is 59.1 Å². The Morgan fingerprint density at radius 3 is 1.57 bits per heavy atom. The molecule has 2 heterocycles. The first-order valence-electron chi connectivity index (χ1n) is 9.31. The van der Waals surface area contributed by atoms with Crippen LogP contribution in [0.2, 0.25) is 0 Å². The first-order chi connectivity index (χ1) is 13.3. The number of benzene rings is 1. The van der Waals surface area contributed by atoms with Gasteiger partial charge in [0.1, 0.15) is 0 Å². The maximum Gasteiger partial charge on any atom is 0.172 e. The van der Waals surface area contributed by atoms with E-state index in [1.807, 2.05) is 34.1 Å². The van der Waals surface area contributed by atoms with Gasteiger partial charge in [0.05, 0.1) is 26.2 Å². The highest BCUT2D eigenvalue weighted by atomic mass is 16.1. The third-order valence-corrected chi connectivity index (χ3v) is 4.93. The van der Waals surface area contributed by atoms with E-state index in [0.29, 0.717) is 24.2 Å². The molecule has 0 saturated heterocycles. The van der Waals surface area contributed by atoms with Gasteiger partial charge >= 0.3 is 0 Å². The van der Waals surface area contributed by atoms with Gasteiger partial charge in [-0.05, 0) is 48.3 Å². The predicted octanol–water partition coefficient (Wildman–Crippen LogP) is 1.49. The van der Waals surface area contributed by atoms with Crippen LogP contribution < -0.4 is 0 Å². The minimum atomic E-state index is -0.0658. The summed E-state index contributed by atoms with van der Waals surface area (Å²) in [6.07, 6.45) is 2.84. The lowest BCUT2D eigenvalue weighted by molar-refractivity contribution is -0.119. The third kappa shape index (κ3) is 5.18. The van der Waals surface area contributed by atoms with Crippen molar-refractivity contribution in [3.63, 3.8) is 0 Å². The average molecular weight is 380 g/mol. The maximum atomic E-state index is 12.1. The van der Waals surface area contributed by atoms with E-state index < -0.39 is 0 Å². The van der Waals surface area contributed by atoms with Gasteiger partial charge in [0.15, 0.2) is 23.1 Å². The van der Waals surface area contributed by atoms with Gasteiger partial charge in [-0.1, -0.05) is 24.3 Å². The number of ketones is 4. The van der Waals surface area contributed by atoms with Crippen molar-refractivity contribution in [3.8, 4) is 0 Å². The van der Waals surface area contributed by atoms with E-state index in [4.69, 9.17) is 0 Å². The second-order valence-electron chi connectivity index (χ2n) is 7.54. The summed E-state index contributed by atoms with van der Waals surface area (Å²) in [4.78, 5) is 51.7. The number of nitrogens with zero attached hydrogens (tertiary/aromatic N) is 2. The molecule has 2 aliphatic heterocycles. The molecule has 0 fully saturated rings. The Hall–Kier alpha value is -2.70. The summed E-state index contributed by atoms with van der Waals surface area (Å²) in [5.74, 6) is -0.203. The molecular weight excluding hydrogens is 356 g/mol. The average Bonchev–Trinajstić information content (AvgIpc) is 2.79. The second-order valence-corrected chi connectivity index (χ2v) is 7.54. The topological polar surface area (TPSA) is 74.8 Å². The Morgan fingerprint density at radius 2 is 1.14 bits per heavy atom. The number of rotatable bonds is 4. The molecule has 0 aliphatic carbocycles. The first kappa shape index (κ1) is 20.0. The number of hydrogen-bond donors (Lipinski definition) is 0. The van der Waals surface area contributed by atoms with Gasteiger partial charge in [-0.3, -0.25) is 29.0 Å². The van der Waals surface area contributed by atoms with Gasteiger partial charge in [0, 0.05) is 13.1 Å². The van der Waals surface area contributed by atoms with Crippen molar-refractivity contribution >= 4 is 23.1 Å². The Balaban J connectivity index is 1.67. The quantitative estimate of drug-likeness (QED) is 0.788. The normalized spacial score (nSPS) is 19.9. The van der Waals surface area contributed by atoms with Crippen LogP contribution in [0.4, 0.5) is 0 Å². The molecule has 146 valence electrons. The molecule has 1 aromatic carbocycles. The van der Waals surface area contributed by atoms with Crippen LogP contribution in [0.15, 0.2) is 47.6 Å². The van der Waals surface area contributed by atoms with Crippen molar-refractivity contribution in [2.75, 3.05) is 26.2 Å². The summed E-state index contributed by atoms with van der Waals surface area (Å²) in [7, 11) is 0. The van der Waals surface area contributed by atoms with Crippen molar-refractivity contribution in [1.82, 2.24) is 9.80 Å². The molecule has 0 radical (unpaired) electrons. The van der Waals surface area contributed by atoms with Crippen molar-refractivity contribution in [2.24, 2.45) is 0 Å². The molecule has 3 rings (SSSR count). The lowest BCUT2D eigenvalue weighted by Crippen LogP contribution is -2.32. The standard InChI is InChI=1S/C22H24N2O4/c1-15-6-19(25)11-23(13-21(15)27)9-17-4-3-5-18(8-17)10-24-12-20(26)7-16(2)22(28)14-24/h3-8H,9-14H2,1-2H3. The summed E-state index contributed by atoms with van der Waals surface area (Å²) in [5, 5.41) is 0. The zero-order chi connectivity index (χ0) is 20.3. The van der Waals surface area contributed by atoms with E-state index >= 15 is 0 Å². The largest absolute Gasteiger partial charge is 0.293 e. The molecule has 0 atom stereocenters. The second kappa shape index (κ2) is 8.54. The van der Waals surface area contributed by atoms with E-state index in [-0.39, 0.29) is 49.3 Å². The SMILES string of the molecule is CC1=CC(=O)CN(Cc2cccc(CN3CC(=O)C=C(C)C(=O)C3)c2)CC1=O. The van der Waals surface area contributed by atoms with Crippen LogP contribution in [0.25, 0.3) is 0 Å². The molecule has 28 heavy (non-hydrogen) atoms. The first-order valence-corrected chi connectivity index (χ1v) is 9.31. The van der Waals surface area contributed by atoms with E-state index in [1.165, 1.54) is 12.2 Å².